The zero-order valence-electron chi connectivity index (χ0n) is 17.9. The average Bonchev–Trinajstić information content (AvgIpc) is 2.78. The Labute approximate surface area is 192 Å². The van der Waals surface area contributed by atoms with Gasteiger partial charge in [0.25, 0.3) is 0 Å². The molecular formula is C22H26ClN3O5S. The minimum atomic E-state index is -3.84. The summed E-state index contributed by atoms with van der Waals surface area (Å²) in [5.41, 5.74) is 2.13. The SMILES string of the molecule is Cc1ccc(C)c(S(=O)(=O)N2CCCO[C@H]2CNC(=O)C(=O)NCc2ccccc2Cl)c1. The first-order valence-corrected chi connectivity index (χ1v) is 12.0. The Bertz CT molecular complexity index is 1110. The van der Waals surface area contributed by atoms with Crippen molar-refractivity contribution in [1.29, 1.82) is 0 Å². The van der Waals surface area contributed by atoms with Gasteiger partial charge in [0.1, 0.15) is 6.23 Å². The molecule has 8 nitrogen and oxygen atoms in total. The zero-order chi connectivity index (χ0) is 23.3. The second-order valence-corrected chi connectivity index (χ2v) is 9.81. The van der Waals surface area contributed by atoms with Gasteiger partial charge in [-0.3, -0.25) is 9.59 Å². The molecule has 1 heterocycles. The molecule has 3 rings (SSSR count). The zero-order valence-corrected chi connectivity index (χ0v) is 19.5. The molecule has 2 aromatic carbocycles. The monoisotopic (exact) mass is 479 g/mol. The molecule has 2 amide bonds. The van der Waals surface area contributed by atoms with Crippen LogP contribution < -0.4 is 10.6 Å². The number of nitrogens with zero attached hydrogens (tertiary/aromatic N) is 1. The Kier molecular flexibility index (Phi) is 7.89. The second-order valence-electron chi connectivity index (χ2n) is 7.55. The van der Waals surface area contributed by atoms with Crippen LogP contribution in [0.1, 0.15) is 23.1 Å². The molecule has 0 radical (unpaired) electrons. The van der Waals surface area contributed by atoms with Crippen molar-refractivity contribution in [1.82, 2.24) is 14.9 Å². The van der Waals surface area contributed by atoms with Crippen LogP contribution in [-0.2, 0) is 30.9 Å². The lowest BCUT2D eigenvalue weighted by molar-refractivity contribution is -0.140. The maximum Gasteiger partial charge on any atom is 0.309 e. The van der Waals surface area contributed by atoms with Gasteiger partial charge in [0, 0.05) is 18.1 Å². The molecule has 1 aliphatic rings. The number of rotatable bonds is 6. The predicted molar refractivity (Wildman–Crippen MR) is 120 cm³/mol. The molecule has 1 saturated heterocycles. The summed E-state index contributed by atoms with van der Waals surface area (Å²) in [4.78, 5) is 24.6. The highest BCUT2D eigenvalue weighted by atomic mass is 35.5. The summed E-state index contributed by atoms with van der Waals surface area (Å²) in [6.45, 7) is 4.12. The highest BCUT2D eigenvalue weighted by Gasteiger charge is 2.35. The van der Waals surface area contributed by atoms with Crippen LogP contribution in [0.2, 0.25) is 5.02 Å². The Balaban J connectivity index is 1.64. The van der Waals surface area contributed by atoms with E-state index in [0.717, 1.165) is 5.56 Å². The third-order valence-corrected chi connectivity index (χ3v) is 7.52. The van der Waals surface area contributed by atoms with E-state index >= 15 is 0 Å². The number of carbonyl (C=O) groups is 2. The van der Waals surface area contributed by atoms with Crippen LogP contribution in [0.25, 0.3) is 0 Å². The number of halogens is 1. The Morgan fingerprint density at radius 1 is 1.12 bits per heavy atom. The molecule has 0 aromatic heterocycles. The molecule has 10 heteroatoms. The van der Waals surface area contributed by atoms with Gasteiger partial charge in [0.05, 0.1) is 18.0 Å². The van der Waals surface area contributed by atoms with Crippen LogP contribution in [-0.4, -0.2) is 50.5 Å². The van der Waals surface area contributed by atoms with Gasteiger partial charge in [-0.2, -0.15) is 4.31 Å². The third kappa shape index (κ3) is 5.66. The minimum Gasteiger partial charge on any atom is -0.360 e. The third-order valence-electron chi connectivity index (χ3n) is 5.13. The fourth-order valence-corrected chi connectivity index (χ4v) is 5.45. The topological polar surface area (TPSA) is 105 Å². The molecule has 172 valence electrons. The fraction of sp³-hybridized carbons (Fsp3) is 0.364. The van der Waals surface area contributed by atoms with E-state index in [1.807, 2.05) is 13.0 Å². The van der Waals surface area contributed by atoms with E-state index in [0.29, 0.717) is 29.2 Å². The molecule has 0 bridgehead atoms. The maximum absolute atomic E-state index is 13.3. The van der Waals surface area contributed by atoms with Crippen LogP contribution in [0.15, 0.2) is 47.4 Å². The van der Waals surface area contributed by atoms with Gasteiger partial charge in [0.15, 0.2) is 0 Å². The Hall–Kier alpha value is -2.46. The predicted octanol–water partition coefficient (Wildman–Crippen LogP) is 2.13. The first kappa shape index (κ1) is 24.2. The van der Waals surface area contributed by atoms with Crippen LogP contribution in [0.4, 0.5) is 0 Å². The molecule has 1 atom stereocenters. The van der Waals surface area contributed by atoms with Crippen molar-refractivity contribution in [2.24, 2.45) is 0 Å². The van der Waals surface area contributed by atoms with Gasteiger partial charge in [-0.05, 0) is 49.1 Å². The summed E-state index contributed by atoms with van der Waals surface area (Å²) in [7, 11) is -3.84. The van der Waals surface area contributed by atoms with Crippen molar-refractivity contribution in [3.63, 3.8) is 0 Å². The normalized spacial score (nSPS) is 17.0. The second kappa shape index (κ2) is 10.4. The summed E-state index contributed by atoms with van der Waals surface area (Å²) >= 11 is 6.05. The van der Waals surface area contributed by atoms with E-state index in [-0.39, 0.29) is 24.5 Å². The van der Waals surface area contributed by atoms with Crippen molar-refractivity contribution < 1.29 is 22.7 Å². The van der Waals surface area contributed by atoms with Gasteiger partial charge in [-0.15, -0.1) is 0 Å². The number of hydrogen-bond acceptors (Lipinski definition) is 5. The molecule has 0 saturated carbocycles. The van der Waals surface area contributed by atoms with E-state index in [4.69, 9.17) is 16.3 Å². The lowest BCUT2D eigenvalue weighted by atomic mass is 10.2. The van der Waals surface area contributed by atoms with Crippen molar-refractivity contribution in [2.45, 2.75) is 37.9 Å². The Morgan fingerprint density at radius 2 is 1.84 bits per heavy atom. The summed E-state index contributed by atoms with van der Waals surface area (Å²) in [6.07, 6.45) is -0.374. The van der Waals surface area contributed by atoms with Crippen molar-refractivity contribution in [3.8, 4) is 0 Å². The van der Waals surface area contributed by atoms with Gasteiger partial charge >= 0.3 is 11.8 Å². The number of carbonyl (C=O) groups excluding carboxylic acids is 2. The molecule has 32 heavy (non-hydrogen) atoms. The molecule has 0 unspecified atom stereocenters. The molecule has 2 aromatic rings. The van der Waals surface area contributed by atoms with Crippen molar-refractivity contribution in [3.05, 3.63) is 64.2 Å². The van der Waals surface area contributed by atoms with Gasteiger partial charge in [-0.25, -0.2) is 8.42 Å². The van der Waals surface area contributed by atoms with Crippen LogP contribution in [0, 0.1) is 13.8 Å². The number of amides is 2. The first-order chi connectivity index (χ1) is 15.2. The number of ether oxygens (including phenoxy) is 1. The average molecular weight is 480 g/mol. The molecule has 1 aliphatic heterocycles. The molecule has 1 fully saturated rings. The quantitative estimate of drug-likeness (QED) is 0.617. The number of aryl methyl sites for hydroxylation is 2. The highest BCUT2D eigenvalue weighted by Crippen LogP contribution is 2.25. The number of hydrogen-bond donors (Lipinski definition) is 2. The number of nitrogens with one attached hydrogen (secondary N) is 2. The minimum absolute atomic E-state index is 0.0962. The van der Waals surface area contributed by atoms with E-state index in [2.05, 4.69) is 10.6 Å². The van der Waals surface area contributed by atoms with E-state index < -0.39 is 28.1 Å². The Morgan fingerprint density at radius 3 is 2.59 bits per heavy atom. The van der Waals surface area contributed by atoms with Gasteiger partial charge in [-0.1, -0.05) is 41.9 Å². The van der Waals surface area contributed by atoms with E-state index in [1.165, 1.54) is 4.31 Å². The van der Waals surface area contributed by atoms with Crippen molar-refractivity contribution in [2.75, 3.05) is 19.7 Å². The number of benzene rings is 2. The van der Waals surface area contributed by atoms with E-state index in [9.17, 15) is 18.0 Å². The molecule has 0 spiro atoms. The van der Waals surface area contributed by atoms with Crippen molar-refractivity contribution >= 4 is 33.4 Å². The lowest BCUT2D eigenvalue weighted by Gasteiger charge is -2.35. The summed E-state index contributed by atoms with van der Waals surface area (Å²) in [5.74, 6) is -1.72. The maximum atomic E-state index is 13.3. The molecular weight excluding hydrogens is 454 g/mol. The smallest absolute Gasteiger partial charge is 0.309 e. The van der Waals surface area contributed by atoms with Crippen LogP contribution in [0.5, 0.6) is 0 Å². The largest absolute Gasteiger partial charge is 0.360 e. The van der Waals surface area contributed by atoms with Gasteiger partial charge < -0.3 is 15.4 Å². The highest BCUT2D eigenvalue weighted by molar-refractivity contribution is 7.89. The number of sulfonamides is 1. The first-order valence-electron chi connectivity index (χ1n) is 10.2. The van der Waals surface area contributed by atoms with Crippen LogP contribution in [0.3, 0.4) is 0 Å². The standard InChI is InChI=1S/C22H26ClN3O5S/c1-15-8-9-16(2)19(12-15)32(29,30)26-10-5-11-31-20(26)14-25-22(28)21(27)24-13-17-6-3-4-7-18(17)23/h3-4,6-9,12,20H,5,10-11,13-14H2,1-2H3,(H,24,27)(H,25,28)/t20-/m0/s1. The summed E-state index contributed by atoms with van der Waals surface area (Å²) < 4.78 is 33.4. The lowest BCUT2D eigenvalue weighted by Crippen LogP contribution is -2.53. The summed E-state index contributed by atoms with van der Waals surface area (Å²) in [6, 6.07) is 12.2. The molecule has 0 aliphatic carbocycles. The summed E-state index contributed by atoms with van der Waals surface area (Å²) in [5, 5.41) is 5.45. The van der Waals surface area contributed by atoms with E-state index in [1.54, 1.807) is 43.3 Å². The van der Waals surface area contributed by atoms with Crippen LogP contribution >= 0.6 is 11.6 Å². The van der Waals surface area contributed by atoms with Gasteiger partial charge in [0.2, 0.25) is 10.0 Å². The fourth-order valence-electron chi connectivity index (χ4n) is 3.37. The molecule has 2 N–H and O–H groups in total.